The van der Waals surface area contributed by atoms with Gasteiger partial charge in [-0.15, -0.1) is 24.8 Å². The Morgan fingerprint density at radius 3 is 1.55 bits per heavy atom. The average Bonchev–Trinajstić information content (AvgIpc) is 2.26. The van der Waals surface area contributed by atoms with Gasteiger partial charge in [0.25, 0.3) is 0 Å². The van der Waals surface area contributed by atoms with Crippen molar-refractivity contribution >= 4 is 58.7 Å². The van der Waals surface area contributed by atoms with E-state index >= 15 is 0 Å². The van der Waals surface area contributed by atoms with Gasteiger partial charge in [0, 0.05) is 11.5 Å². The summed E-state index contributed by atoms with van der Waals surface area (Å²) < 4.78 is 0. The number of halogens is 2. The monoisotopic (exact) mass is 354 g/mol. The highest BCUT2D eigenvalue weighted by atomic mass is 35.5. The van der Waals surface area contributed by atoms with E-state index in [9.17, 15) is 0 Å². The Hall–Kier alpha value is -0.560. The lowest BCUT2D eigenvalue weighted by atomic mass is 10.0. The molecule has 0 aliphatic heterocycles. The van der Waals surface area contributed by atoms with Crippen LogP contribution < -0.4 is 11.5 Å². The van der Waals surface area contributed by atoms with E-state index in [1.807, 2.05) is 0 Å². The van der Waals surface area contributed by atoms with E-state index in [1.54, 1.807) is 0 Å². The normalized spacial score (nSPS) is 9.30. The van der Waals surface area contributed by atoms with Crippen LogP contribution in [0.25, 0.3) is 0 Å². The lowest BCUT2D eigenvalue weighted by molar-refractivity contribution is 1.21. The fraction of sp³-hybridized carbons (Fsp3) is 0.333. The second-order valence-corrected chi connectivity index (χ2v) is 6.05. The Labute approximate surface area is 140 Å². The predicted molar refractivity (Wildman–Crippen MR) is 96.8 cm³/mol. The van der Waals surface area contributed by atoms with Crippen molar-refractivity contribution in [2.45, 2.75) is 25.4 Å². The van der Waals surface area contributed by atoms with Gasteiger partial charge in [-0.2, -0.15) is 0 Å². The smallest absolute Gasteiger partial charge is 0.151 e. The van der Waals surface area contributed by atoms with Crippen molar-refractivity contribution in [2.24, 2.45) is 11.5 Å². The Balaban J connectivity index is 0. The summed E-state index contributed by atoms with van der Waals surface area (Å²) in [5.74, 6) is 1.42. The number of thioether (sulfide) groups is 2. The molecule has 0 saturated carbocycles. The van der Waals surface area contributed by atoms with Crippen molar-refractivity contribution in [3.8, 4) is 0 Å². The van der Waals surface area contributed by atoms with Crippen molar-refractivity contribution in [1.82, 2.24) is 0 Å². The van der Waals surface area contributed by atoms with E-state index < -0.39 is 0 Å². The van der Waals surface area contributed by atoms with Gasteiger partial charge in [-0.05, 0) is 36.1 Å². The van der Waals surface area contributed by atoms with Crippen molar-refractivity contribution in [3.63, 3.8) is 0 Å². The van der Waals surface area contributed by atoms with Crippen LogP contribution in [-0.2, 0) is 11.5 Å². The van der Waals surface area contributed by atoms with Crippen LogP contribution in [0.2, 0.25) is 0 Å². The molecule has 0 saturated heterocycles. The highest BCUT2D eigenvalue weighted by molar-refractivity contribution is 8.13. The SMILES string of the molecule is Cc1cc(C)c(CSC(=N)N)cc1CSC(=N)N.Cl.Cl. The third-order valence-electron chi connectivity index (χ3n) is 2.56. The third kappa shape index (κ3) is 7.28. The molecule has 0 bridgehead atoms. The Kier molecular flexibility index (Phi) is 11.1. The Bertz CT molecular complexity index is 442. The minimum atomic E-state index is 0. The van der Waals surface area contributed by atoms with Gasteiger partial charge < -0.3 is 11.5 Å². The fourth-order valence-corrected chi connectivity index (χ4v) is 2.81. The highest BCUT2D eigenvalue weighted by Gasteiger charge is 2.06. The standard InChI is InChI=1S/C12H18N4S2.2ClH/c1-7-3-8(2)10(6-18-12(15)16)4-9(7)5-17-11(13)14;;/h3-4H,5-6H2,1-2H3,(H3,13,14)(H3,15,16);2*1H. The molecule has 0 amide bonds. The molecule has 4 nitrogen and oxygen atoms in total. The minimum absolute atomic E-state index is 0. The first-order valence-electron chi connectivity index (χ1n) is 5.42. The van der Waals surface area contributed by atoms with Crippen LogP contribution in [0.4, 0.5) is 0 Å². The zero-order valence-corrected chi connectivity index (χ0v) is 14.6. The summed E-state index contributed by atoms with van der Waals surface area (Å²) in [5.41, 5.74) is 15.5. The van der Waals surface area contributed by atoms with Gasteiger partial charge in [0.05, 0.1) is 0 Å². The van der Waals surface area contributed by atoms with Crippen LogP contribution in [-0.4, -0.2) is 10.3 Å². The molecule has 114 valence electrons. The van der Waals surface area contributed by atoms with Crippen LogP contribution in [0.15, 0.2) is 12.1 Å². The first-order chi connectivity index (χ1) is 8.40. The molecule has 0 unspecified atom stereocenters. The van der Waals surface area contributed by atoms with E-state index in [0.29, 0.717) is 11.5 Å². The second kappa shape index (κ2) is 10.2. The van der Waals surface area contributed by atoms with Gasteiger partial charge in [-0.3, -0.25) is 10.8 Å². The number of rotatable bonds is 4. The number of hydrogen-bond donors (Lipinski definition) is 4. The molecule has 0 radical (unpaired) electrons. The first-order valence-corrected chi connectivity index (χ1v) is 7.40. The maximum atomic E-state index is 7.24. The van der Waals surface area contributed by atoms with E-state index in [4.69, 9.17) is 22.3 Å². The van der Waals surface area contributed by atoms with Crippen molar-refractivity contribution in [1.29, 1.82) is 10.8 Å². The van der Waals surface area contributed by atoms with E-state index in [0.717, 1.165) is 0 Å². The number of nitrogens with two attached hydrogens (primary N) is 2. The maximum Gasteiger partial charge on any atom is 0.151 e. The number of hydrogen-bond acceptors (Lipinski definition) is 4. The predicted octanol–water partition coefficient (Wildman–Crippen LogP) is 3.40. The van der Waals surface area contributed by atoms with Gasteiger partial charge >= 0.3 is 0 Å². The molecule has 0 aliphatic carbocycles. The number of aryl methyl sites for hydroxylation is 2. The fourth-order valence-electron chi connectivity index (χ4n) is 1.57. The molecular formula is C12H20Cl2N4S2. The molecule has 0 aliphatic rings. The molecular weight excluding hydrogens is 335 g/mol. The largest absolute Gasteiger partial charge is 0.379 e. The second-order valence-electron chi connectivity index (χ2n) is 4.01. The number of nitrogens with one attached hydrogen (secondary N) is 2. The summed E-state index contributed by atoms with van der Waals surface area (Å²) in [6.45, 7) is 4.12. The van der Waals surface area contributed by atoms with E-state index in [-0.39, 0.29) is 35.1 Å². The van der Waals surface area contributed by atoms with Crippen molar-refractivity contribution < 1.29 is 0 Å². The lowest BCUT2D eigenvalue weighted by Gasteiger charge is -2.11. The Morgan fingerprint density at radius 2 is 1.25 bits per heavy atom. The molecule has 1 aromatic carbocycles. The molecule has 8 heteroatoms. The van der Waals surface area contributed by atoms with Crippen molar-refractivity contribution in [2.75, 3.05) is 0 Å². The molecule has 0 atom stereocenters. The summed E-state index contributed by atoms with van der Waals surface area (Å²) in [7, 11) is 0. The van der Waals surface area contributed by atoms with Crippen LogP contribution in [0, 0.1) is 24.7 Å². The third-order valence-corrected chi connectivity index (χ3v) is 4.09. The quantitative estimate of drug-likeness (QED) is 0.491. The molecule has 0 heterocycles. The molecule has 0 aromatic heterocycles. The highest BCUT2D eigenvalue weighted by Crippen LogP contribution is 2.23. The zero-order chi connectivity index (χ0) is 13.7. The van der Waals surface area contributed by atoms with Gasteiger partial charge in [-0.1, -0.05) is 35.7 Å². The van der Waals surface area contributed by atoms with E-state index in [2.05, 4.69) is 26.0 Å². The minimum Gasteiger partial charge on any atom is -0.379 e. The zero-order valence-electron chi connectivity index (χ0n) is 11.4. The van der Waals surface area contributed by atoms with E-state index in [1.165, 1.54) is 45.8 Å². The van der Waals surface area contributed by atoms with Gasteiger partial charge in [0.1, 0.15) is 0 Å². The van der Waals surface area contributed by atoms with Crippen molar-refractivity contribution in [3.05, 3.63) is 34.4 Å². The summed E-state index contributed by atoms with van der Waals surface area (Å²) in [5, 5.41) is 14.7. The topological polar surface area (TPSA) is 99.7 Å². The molecule has 1 aromatic rings. The summed E-state index contributed by atoms with van der Waals surface area (Å²) in [6.07, 6.45) is 0. The molecule has 6 N–H and O–H groups in total. The van der Waals surface area contributed by atoms with Crippen LogP contribution in [0.3, 0.4) is 0 Å². The van der Waals surface area contributed by atoms with Crippen LogP contribution >= 0.6 is 48.3 Å². The maximum absolute atomic E-state index is 7.24. The average molecular weight is 355 g/mol. The van der Waals surface area contributed by atoms with Gasteiger partial charge in [0.2, 0.25) is 0 Å². The number of amidine groups is 2. The van der Waals surface area contributed by atoms with Crippen LogP contribution in [0.1, 0.15) is 22.3 Å². The van der Waals surface area contributed by atoms with Crippen LogP contribution in [0.5, 0.6) is 0 Å². The van der Waals surface area contributed by atoms with Gasteiger partial charge in [-0.25, -0.2) is 0 Å². The molecule has 0 spiro atoms. The summed E-state index contributed by atoms with van der Waals surface area (Å²) >= 11 is 2.65. The Morgan fingerprint density at radius 1 is 0.900 bits per heavy atom. The molecule has 20 heavy (non-hydrogen) atoms. The number of benzene rings is 1. The molecule has 1 rings (SSSR count). The summed E-state index contributed by atoms with van der Waals surface area (Å²) in [4.78, 5) is 0. The summed E-state index contributed by atoms with van der Waals surface area (Å²) in [6, 6.07) is 4.25. The lowest BCUT2D eigenvalue weighted by Crippen LogP contribution is -2.06. The molecule has 0 fully saturated rings. The van der Waals surface area contributed by atoms with Gasteiger partial charge in [0.15, 0.2) is 10.3 Å². The first kappa shape index (κ1) is 21.7.